The second-order valence-corrected chi connectivity index (χ2v) is 8.19. The molecule has 5 nitrogen and oxygen atoms in total. The van der Waals surface area contributed by atoms with E-state index in [9.17, 15) is 9.18 Å². The van der Waals surface area contributed by atoms with E-state index in [2.05, 4.69) is 21.3 Å². The Hall–Kier alpha value is -2.18. The van der Waals surface area contributed by atoms with Gasteiger partial charge in [0.2, 0.25) is 0 Å². The first-order chi connectivity index (χ1) is 14.0. The highest BCUT2D eigenvalue weighted by atomic mass is 19.1. The van der Waals surface area contributed by atoms with Gasteiger partial charge >= 0.3 is 0 Å². The molecule has 1 aromatic carbocycles. The van der Waals surface area contributed by atoms with Crippen LogP contribution < -0.4 is 4.90 Å². The number of halogens is 1. The van der Waals surface area contributed by atoms with Gasteiger partial charge in [-0.2, -0.15) is 0 Å². The summed E-state index contributed by atoms with van der Waals surface area (Å²) < 4.78 is 21.1. The summed E-state index contributed by atoms with van der Waals surface area (Å²) in [6.07, 6.45) is 2.49. The Morgan fingerprint density at radius 2 is 1.86 bits per heavy atom. The molecule has 0 radical (unpaired) electrons. The summed E-state index contributed by atoms with van der Waals surface area (Å²) in [7, 11) is 0. The van der Waals surface area contributed by atoms with Crippen LogP contribution in [0.2, 0.25) is 0 Å². The first-order valence-corrected chi connectivity index (χ1v) is 10.6. The van der Waals surface area contributed by atoms with Crippen molar-refractivity contribution in [3.05, 3.63) is 53.1 Å². The van der Waals surface area contributed by atoms with Crippen molar-refractivity contribution in [1.29, 1.82) is 0 Å². The lowest BCUT2D eigenvalue weighted by Crippen LogP contribution is -2.48. The highest BCUT2D eigenvalue weighted by molar-refractivity contribution is 5.99. The van der Waals surface area contributed by atoms with E-state index in [-0.39, 0.29) is 17.7 Å². The van der Waals surface area contributed by atoms with Crippen molar-refractivity contribution in [1.82, 2.24) is 9.47 Å². The Balaban J connectivity index is 1.34. The number of aryl methyl sites for hydroxylation is 1. The maximum atomic E-state index is 13.1. The Kier molecular flexibility index (Phi) is 6.01. The summed E-state index contributed by atoms with van der Waals surface area (Å²) >= 11 is 0. The van der Waals surface area contributed by atoms with E-state index in [1.165, 1.54) is 12.1 Å². The van der Waals surface area contributed by atoms with Crippen molar-refractivity contribution in [2.75, 3.05) is 44.2 Å². The molecular formula is C23H30FN3O2. The molecule has 0 aliphatic carbocycles. The van der Waals surface area contributed by atoms with Crippen LogP contribution in [0.25, 0.3) is 0 Å². The Bertz CT molecular complexity index is 848. The van der Waals surface area contributed by atoms with Crippen LogP contribution >= 0.6 is 0 Å². The van der Waals surface area contributed by atoms with Gasteiger partial charge in [0, 0.05) is 62.0 Å². The first-order valence-electron chi connectivity index (χ1n) is 10.6. The molecule has 6 heteroatoms. The maximum absolute atomic E-state index is 13.1. The van der Waals surface area contributed by atoms with Gasteiger partial charge in [0.25, 0.3) is 0 Å². The largest absolute Gasteiger partial charge is 0.376 e. The van der Waals surface area contributed by atoms with Gasteiger partial charge < -0.3 is 14.2 Å². The zero-order chi connectivity index (χ0) is 20.4. The number of ether oxygens (including phenoxy) is 1. The first kappa shape index (κ1) is 20.1. The zero-order valence-electron chi connectivity index (χ0n) is 17.4. The molecule has 1 atom stereocenters. The molecule has 0 spiro atoms. The number of ketones is 1. The fraction of sp³-hybridized carbons (Fsp3) is 0.522. The van der Waals surface area contributed by atoms with Crippen LogP contribution in [-0.4, -0.2) is 60.7 Å². The lowest BCUT2D eigenvalue weighted by molar-refractivity contribution is 0.0918. The highest BCUT2D eigenvalue weighted by Crippen LogP contribution is 2.22. The number of carbonyl (C=O) groups is 1. The third-order valence-electron chi connectivity index (χ3n) is 6.22. The van der Waals surface area contributed by atoms with Crippen LogP contribution in [0.3, 0.4) is 0 Å². The number of aromatic nitrogens is 1. The van der Waals surface area contributed by atoms with Crippen molar-refractivity contribution in [2.45, 2.75) is 39.3 Å². The van der Waals surface area contributed by atoms with Gasteiger partial charge in [0.15, 0.2) is 5.78 Å². The van der Waals surface area contributed by atoms with Crippen molar-refractivity contribution in [3.63, 3.8) is 0 Å². The second kappa shape index (κ2) is 8.67. The number of hydrogen-bond acceptors (Lipinski definition) is 4. The molecule has 0 unspecified atom stereocenters. The van der Waals surface area contributed by atoms with Gasteiger partial charge in [0.05, 0.1) is 12.6 Å². The molecule has 0 saturated carbocycles. The predicted molar refractivity (Wildman–Crippen MR) is 112 cm³/mol. The fourth-order valence-corrected chi connectivity index (χ4v) is 4.46. The molecular weight excluding hydrogens is 369 g/mol. The van der Waals surface area contributed by atoms with Crippen LogP contribution in [0.5, 0.6) is 0 Å². The molecule has 2 aliphatic rings. The molecule has 1 aromatic heterocycles. The summed E-state index contributed by atoms with van der Waals surface area (Å²) in [6, 6.07) is 8.66. The third-order valence-corrected chi connectivity index (χ3v) is 6.22. The van der Waals surface area contributed by atoms with E-state index in [4.69, 9.17) is 4.74 Å². The molecule has 2 aromatic rings. The van der Waals surface area contributed by atoms with Gasteiger partial charge in [-0.1, -0.05) is 0 Å². The second-order valence-electron chi connectivity index (χ2n) is 8.19. The van der Waals surface area contributed by atoms with Gasteiger partial charge in [-0.15, -0.1) is 0 Å². The molecule has 0 amide bonds. The molecule has 0 bridgehead atoms. The molecule has 156 valence electrons. The Morgan fingerprint density at radius 3 is 2.52 bits per heavy atom. The third kappa shape index (κ3) is 4.54. The molecule has 2 fully saturated rings. The SMILES string of the molecule is Cc1cc(C(=O)CN2CCN(c3ccc(F)cc3)CC2)c(C)n1C[C@H]1CCCO1. The van der Waals surface area contributed by atoms with Gasteiger partial charge in [-0.25, -0.2) is 4.39 Å². The van der Waals surface area contributed by atoms with E-state index in [1.54, 1.807) is 0 Å². The lowest BCUT2D eigenvalue weighted by atomic mass is 10.1. The van der Waals surface area contributed by atoms with Crippen molar-refractivity contribution >= 4 is 11.5 Å². The summed E-state index contributed by atoms with van der Waals surface area (Å²) in [6.45, 7) is 9.59. The van der Waals surface area contributed by atoms with Crippen LogP contribution in [0.15, 0.2) is 30.3 Å². The minimum atomic E-state index is -0.213. The van der Waals surface area contributed by atoms with Crippen LogP contribution in [0, 0.1) is 19.7 Å². The maximum Gasteiger partial charge on any atom is 0.178 e. The highest BCUT2D eigenvalue weighted by Gasteiger charge is 2.24. The van der Waals surface area contributed by atoms with Crippen LogP contribution in [0.4, 0.5) is 10.1 Å². The number of nitrogens with zero attached hydrogens (tertiary/aromatic N) is 3. The average molecular weight is 400 g/mol. The molecule has 4 rings (SSSR count). The molecule has 2 saturated heterocycles. The minimum absolute atomic E-state index is 0.187. The average Bonchev–Trinajstić information content (AvgIpc) is 3.33. The van der Waals surface area contributed by atoms with Crippen LogP contribution in [-0.2, 0) is 11.3 Å². The number of anilines is 1. The fourth-order valence-electron chi connectivity index (χ4n) is 4.46. The quantitative estimate of drug-likeness (QED) is 0.698. The molecule has 0 N–H and O–H groups in total. The van der Waals surface area contributed by atoms with Crippen molar-refractivity contribution in [3.8, 4) is 0 Å². The van der Waals surface area contributed by atoms with Crippen LogP contribution in [0.1, 0.15) is 34.6 Å². The zero-order valence-corrected chi connectivity index (χ0v) is 17.4. The standard InChI is InChI=1S/C23H30FN3O2/c1-17-14-22(18(2)27(17)15-21-4-3-13-29-21)23(28)16-25-9-11-26(12-10-25)20-7-5-19(24)6-8-20/h5-8,14,21H,3-4,9-13,15-16H2,1-2H3/t21-/m1/s1. The number of rotatable bonds is 6. The number of carbonyl (C=O) groups excluding carboxylic acids is 1. The van der Waals surface area contributed by atoms with E-state index in [0.717, 1.165) is 74.8 Å². The number of Topliss-reactive ketones (excluding diaryl/α,β-unsaturated/α-hetero) is 1. The van der Waals surface area contributed by atoms with Crippen molar-refractivity contribution in [2.24, 2.45) is 0 Å². The van der Waals surface area contributed by atoms with E-state index >= 15 is 0 Å². The smallest absolute Gasteiger partial charge is 0.178 e. The van der Waals surface area contributed by atoms with Gasteiger partial charge in [-0.3, -0.25) is 9.69 Å². The molecule has 2 aliphatic heterocycles. The Morgan fingerprint density at radius 1 is 1.14 bits per heavy atom. The van der Waals surface area contributed by atoms with Gasteiger partial charge in [-0.05, 0) is 57.0 Å². The van der Waals surface area contributed by atoms with Gasteiger partial charge in [0.1, 0.15) is 5.82 Å². The van der Waals surface area contributed by atoms with Crippen molar-refractivity contribution < 1.29 is 13.9 Å². The number of piperazine rings is 1. The topological polar surface area (TPSA) is 37.7 Å². The number of benzene rings is 1. The summed E-state index contributed by atoms with van der Waals surface area (Å²) in [4.78, 5) is 17.4. The monoisotopic (exact) mass is 399 g/mol. The Labute approximate surface area is 172 Å². The normalized spacial score (nSPS) is 20.4. The molecule has 3 heterocycles. The summed E-state index contributed by atoms with van der Waals surface area (Å²) in [5, 5.41) is 0. The lowest BCUT2D eigenvalue weighted by Gasteiger charge is -2.35. The van der Waals surface area contributed by atoms with E-state index in [1.807, 2.05) is 25.1 Å². The summed E-state index contributed by atoms with van der Waals surface area (Å²) in [5.41, 5.74) is 4.05. The number of hydrogen-bond donors (Lipinski definition) is 0. The van der Waals surface area contributed by atoms with E-state index in [0.29, 0.717) is 6.54 Å². The minimum Gasteiger partial charge on any atom is -0.376 e. The van der Waals surface area contributed by atoms with E-state index < -0.39 is 0 Å². The summed E-state index contributed by atoms with van der Waals surface area (Å²) in [5.74, 6) is -0.0259. The molecule has 29 heavy (non-hydrogen) atoms. The predicted octanol–water partition coefficient (Wildman–Crippen LogP) is 3.43.